The summed E-state index contributed by atoms with van der Waals surface area (Å²) >= 11 is 1.51. The summed E-state index contributed by atoms with van der Waals surface area (Å²) in [6.45, 7) is 4.49. The Bertz CT molecular complexity index is 484. The predicted molar refractivity (Wildman–Crippen MR) is 72.3 cm³/mol. The first kappa shape index (κ1) is 13.1. The molecular formula is C13H17N3OS. The Morgan fingerprint density at radius 1 is 1.22 bits per heavy atom. The van der Waals surface area contributed by atoms with Crippen LogP contribution in [0.3, 0.4) is 0 Å². The van der Waals surface area contributed by atoms with Gasteiger partial charge in [0.15, 0.2) is 0 Å². The molecule has 1 aromatic heterocycles. The van der Waals surface area contributed by atoms with Gasteiger partial charge < -0.3 is 10.5 Å². The summed E-state index contributed by atoms with van der Waals surface area (Å²) in [5.74, 6) is 0. The minimum Gasteiger partial charge on any atom is -0.372 e. The third-order valence-electron chi connectivity index (χ3n) is 2.45. The molecule has 1 heterocycles. The minimum absolute atomic E-state index is 0.195. The molecule has 2 N–H and O–H groups in total. The molecule has 0 aliphatic carbocycles. The van der Waals surface area contributed by atoms with Crippen molar-refractivity contribution in [3.63, 3.8) is 0 Å². The van der Waals surface area contributed by atoms with Crippen LogP contribution < -0.4 is 5.73 Å². The van der Waals surface area contributed by atoms with E-state index >= 15 is 0 Å². The van der Waals surface area contributed by atoms with Gasteiger partial charge in [-0.2, -0.15) is 0 Å². The first-order valence-electron chi connectivity index (χ1n) is 5.91. The van der Waals surface area contributed by atoms with Crippen LogP contribution in [0.1, 0.15) is 35.5 Å². The van der Waals surface area contributed by atoms with Gasteiger partial charge in [-0.3, -0.25) is 0 Å². The molecule has 0 radical (unpaired) electrons. The Morgan fingerprint density at radius 2 is 1.94 bits per heavy atom. The zero-order chi connectivity index (χ0) is 13.0. The highest BCUT2D eigenvalue weighted by atomic mass is 32.1. The summed E-state index contributed by atoms with van der Waals surface area (Å²) in [4.78, 5) is 0. The van der Waals surface area contributed by atoms with E-state index in [1.165, 1.54) is 11.3 Å². The average Bonchev–Trinajstić information content (AvgIpc) is 2.85. The van der Waals surface area contributed by atoms with Gasteiger partial charge >= 0.3 is 0 Å². The van der Waals surface area contributed by atoms with Crippen molar-refractivity contribution in [1.29, 1.82) is 0 Å². The number of hydrogen-bond acceptors (Lipinski definition) is 5. The SMILES string of the molecule is CC(C)OCc1nnc(C(N)c2ccccc2)s1. The molecule has 0 bridgehead atoms. The van der Waals surface area contributed by atoms with Gasteiger partial charge in [0, 0.05) is 0 Å². The van der Waals surface area contributed by atoms with Crippen LogP contribution >= 0.6 is 11.3 Å². The minimum atomic E-state index is -0.212. The summed E-state index contributed by atoms with van der Waals surface area (Å²) < 4.78 is 5.49. The quantitative estimate of drug-likeness (QED) is 0.900. The normalized spacial score (nSPS) is 12.9. The summed E-state index contributed by atoms with van der Waals surface area (Å²) in [5.41, 5.74) is 7.20. The lowest BCUT2D eigenvalue weighted by Crippen LogP contribution is -2.11. The molecule has 0 fully saturated rings. The highest BCUT2D eigenvalue weighted by Crippen LogP contribution is 2.22. The van der Waals surface area contributed by atoms with Crippen LogP contribution in [0.25, 0.3) is 0 Å². The van der Waals surface area contributed by atoms with Crippen molar-refractivity contribution in [2.24, 2.45) is 5.73 Å². The van der Waals surface area contributed by atoms with E-state index in [0.29, 0.717) is 6.61 Å². The third kappa shape index (κ3) is 3.35. The molecule has 18 heavy (non-hydrogen) atoms. The van der Waals surface area contributed by atoms with Gasteiger partial charge in [-0.25, -0.2) is 0 Å². The molecule has 4 nitrogen and oxygen atoms in total. The van der Waals surface area contributed by atoms with Gasteiger partial charge in [-0.1, -0.05) is 41.7 Å². The maximum absolute atomic E-state index is 6.15. The van der Waals surface area contributed by atoms with Gasteiger partial charge in [0.05, 0.1) is 12.1 Å². The molecule has 1 aromatic carbocycles. The van der Waals surface area contributed by atoms with Crippen molar-refractivity contribution in [1.82, 2.24) is 10.2 Å². The largest absolute Gasteiger partial charge is 0.372 e. The number of benzene rings is 1. The fourth-order valence-electron chi connectivity index (χ4n) is 1.49. The van der Waals surface area contributed by atoms with Gasteiger partial charge in [0.1, 0.15) is 16.6 Å². The summed E-state index contributed by atoms with van der Waals surface area (Å²) in [6, 6.07) is 9.69. The van der Waals surface area contributed by atoms with Crippen LogP contribution in [0.15, 0.2) is 30.3 Å². The van der Waals surface area contributed by atoms with Gasteiger partial charge in [-0.05, 0) is 19.4 Å². The zero-order valence-electron chi connectivity index (χ0n) is 10.5. The van der Waals surface area contributed by atoms with Crippen molar-refractivity contribution in [2.45, 2.75) is 32.6 Å². The molecule has 2 rings (SSSR count). The monoisotopic (exact) mass is 263 g/mol. The van der Waals surface area contributed by atoms with Crippen LogP contribution in [0.4, 0.5) is 0 Å². The van der Waals surface area contributed by atoms with Crippen molar-refractivity contribution >= 4 is 11.3 Å². The highest BCUT2D eigenvalue weighted by Gasteiger charge is 2.14. The van der Waals surface area contributed by atoms with E-state index < -0.39 is 0 Å². The summed E-state index contributed by atoms with van der Waals surface area (Å²) in [7, 11) is 0. The molecule has 0 spiro atoms. The predicted octanol–water partition coefficient (Wildman–Crippen LogP) is 2.51. The van der Waals surface area contributed by atoms with Crippen molar-refractivity contribution in [2.75, 3.05) is 0 Å². The van der Waals surface area contributed by atoms with Gasteiger partial charge in [0.25, 0.3) is 0 Å². The van der Waals surface area contributed by atoms with E-state index in [4.69, 9.17) is 10.5 Å². The second kappa shape index (κ2) is 6.04. The van der Waals surface area contributed by atoms with E-state index in [2.05, 4.69) is 10.2 Å². The molecule has 0 amide bonds. The first-order chi connectivity index (χ1) is 8.66. The number of hydrogen-bond donors (Lipinski definition) is 1. The van der Waals surface area contributed by atoms with E-state index in [0.717, 1.165) is 15.6 Å². The van der Waals surface area contributed by atoms with Crippen LogP contribution in [0.5, 0.6) is 0 Å². The van der Waals surface area contributed by atoms with E-state index in [1.54, 1.807) is 0 Å². The molecule has 5 heteroatoms. The number of nitrogens with zero attached hydrogens (tertiary/aromatic N) is 2. The summed E-state index contributed by atoms with van der Waals surface area (Å²) in [6.07, 6.45) is 0.195. The van der Waals surface area contributed by atoms with E-state index in [-0.39, 0.29) is 12.1 Å². The molecule has 1 atom stereocenters. The van der Waals surface area contributed by atoms with Crippen molar-refractivity contribution < 1.29 is 4.74 Å². The standard InChI is InChI=1S/C13H17N3OS/c1-9(2)17-8-11-15-16-13(18-11)12(14)10-6-4-3-5-7-10/h3-7,9,12H,8,14H2,1-2H3. The molecule has 0 saturated heterocycles. The Balaban J connectivity index is 2.06. The lowest BCUT2D eigenvalue weighted by atomic mass is 10.1. The molecule has 0 aliphatic heterocycles. The molecule has 0 aliphatic rings. The molecular weight excluding hydrogens is 246 g/mol. The van der Waals surface area contributed by atoms with Crippen molar-refractivity contribution in [3.05, 3.63) is 45.9 Å². The number of rotatable bonds is 5. The van der Waals surface area contributed by atoms with E-state index in [1.807, 2.05) is 44.2 Å². The van der Waals surface area contributed by atoms with Crippen LogP contribution in [0.2, 0.25) is 0 Å². The zero-order valence-corrected chi connectivity index (χ0v) is 11.4. The van der Waals surface area contributed by atoms with Gasteiger partial charge in [-0.15, -0.1) is 10.2 Å². The third-order valence-corrected chi connectivity index (χ3v) is 3.43. The van der Waals surface area contributed by atoms with Crippen LogP contribution in [-0.2, 0) is 11.3 Å². The Kier molecular flexibility index (Phi) is 4.41. The lowest BCUT2D eigenvalue weighted by molar-refractivity contribution is 0.0652. The lowest BCUT2D eigenvalue weighted by Gasteiger charge is -2.07. The maximum Gasteiger partial charge on any atom is 0.143 e. The Labute approximate surface area is 111 Å². The maximum atomic E-state index is 6.15. The number of nitrogens with two attached hydrogens (primary N) is 1. The number of aromatic nitrogens is 2. The molecule has 2 aromatic rings. The highest BCUT2D eigenvalue weighted by molar-refractivity contribution is 7.11. The summed E-state index contributed by atoms with van der Waals surface area (Å²) in [5, 5.41) is 9.92. The van der Waals surface area contributed by atoms with Gasteiger partial charge in [0.2, 0.25) is 0 Å². The molecule has 96 valence electrons. The Morgan fingerprint density at radius 3 is 2.61 bits per heavy atom. The van der Waals surface area contributed by atoms with Crippen LogP contribution in [0, 0.1) is 0 Å². The second-order valence-corrected chi connectivity index (χ2v) is 5.38. The second-order valence-electron chi connectivity index (χ2n) is 4.28. The van der Waals surface area contributed by atoms with Crippen LogP contribution in [-0.4, -0.2) is 16.3 Å². The number of ether oxygens (including phenoxy) is 1. The molecule has 0 saturated carbocycles. The fraction of sp³-hybridized carbons (Fsp3) is 0.385. The van der Waals surface area contributed by atoms with Crippen molar-refractivity contribution in [3.8, 4) is 0 Å². The fourth-order valence-corrected chi connectivity index (χ4v) is 2.29. The first-order valence-corrected chi connectivity index (χ1v) is 6.73. The molecule has 1 unspecified atom stereocenters. The topological polar surface area (TPSA) is 61.0 Å². The smallest absolute Gasteiger partial charge is 0.143 e. The average molecular weight is 263 g/mol. The Hall–Kier alpha value is -1.30. The van der Waals surface area contributed by atoms with E-state index in [9.17, 15) is 0 Å².